The summed E-state index contributed by atoms with van der Waals surface area (Å²) in [4.78, 5) is 7.91. The zero-order chi connectivity index (χ0) is 12.8. The molecule has 0 saturated carbocycles. The Kier molecular flexibility index (Phi) is 3.91. The molecule has 0 fully saturated rings. The van der Waals surface area contributed by atoms with Crippen LogP contribution in [0, 0.1) is 6.92 Å². The van der Waals surface area contributed by atoms with E-state index in [2.05, 4.69) is 9.97 Å². The summed E-state index contributed by atoms with van der Waals surface area (Å²) in [6.07, 6.45) is 5.59. The van der Waals surface area contributed by atoms with Gasteiger partial charge in [0.2, 0.25) is 11.8 Å². The lowest BCUT2D eigenvalue weighted by atomic mass is 10.2. The minimum atomic E-state index is 0.225. The van der Waals surface area contributed by atoms with E-state index in [-0.39, 0.29) is 5.95 Å². The van der Waals surface area contributed by atoms with E-state index in [1.165, 1.54) is 0 Å². The summed E-state index contributed by atoms with van der Waals surface area (Å²) in [5.41, 5.74) is 7.51. The Labute approximate surface area is 106 Å². The van der Waals surface area contributed by atoms with Crippen molar-refractivity contribution in [3.63, 3.8) is 0 Å². The number of nitrogen functional groups attached to an aromatic ring is 1. The van der Waals surface area contributed by atoms with E-state index in [0.29, 0.717) is 12.5 Å². The molecule has 0 unspecified atom stereocenters. The van der Waals surface area contributed by atoms with E-state index in [1.807, 2.05) is 49.4 Å². The maximum Gasteiger partial charge on any atom is 0.223 e. The molecule has 2 aromatic rings. The van der Waals surface area contributed by atoms with E-state index in [0.717, 1.165) is 11.1 Å². The molecule has 0 aliphatic heterocycles. The van der Waals surface area contributed by atoms with Crippen LogP contribution in [0.25, 0.3) is 6.08 Å². The topological polar surface area (TPSA) is 61.0 Å². The SMILES string of the molecule is Cc1cnc(N)nc1OC/C=C/c1ccccc1. The van der Waals surface area contributed by atoms with Gasteiger partial charge in [0.15, 0.2) is 0 Å². The van der Waals surface area contributed by atoms with E-state index < -0.39 is 0 Å². The first kappa shape index (κ1) is 12.1. The Morgan fingerprint density at radius 1 is 1.28 bits per heavy atom. The van der Waals surface area contributed by atoms with Gasteiger partial charge in [-0.3, -0.25) is 0 Å². The monoisotopic (exact) mass is 241 g/mol. The molecule has 1 aromatic heterocycles. The van der Waals surface area contributed by atoms with Crippen molar-refractivity contribution in [3.8, 4) is 5.88 Å². The molecule has 0 amide bonds. The number of aryl methyl sites for hydroxylation is 1. The maximum atomic E-state index is 5.52. The van der Waals surface area contributed by atoms with E-state index in [9.17, 15) is 0 Å². The van der Waals surface area contributed by atoms with Gasteiger partial charge in [-0.2, -0.15) is 4.98 Å². The zero-order valence-electron chi connectivity index (χ0n) is 10.2. The average Bonchev–Trinajstić information content (AvgIpc) is 2.40. The number of aromatic nitrogens is 2. The summed E-state index contributed by atoms with van der Waals surface area (Å²) in [6.45, 7) is 2.34. The molecule has 1 aromatic carbocycles. The third kappa shape index (κ3) is 3.31. The second-order valence-electron chi connectivity index (χ2n) is 3.84. The average molecular weight is 241 g/mol. The van der Waals surface area contributed by atoms with Crippen LogP contribution in [0.4, 0.5) is 5.95 Å². The van der Waals surface area contributed by atoms with Gasteiger partial charge in [-0.25, -0.2) is 4.98 Å². The van der Waals surface area contributed by atoms with Crippen LogP contribution < -0.4 is 10.5 Å². The summed E-state index contributed by atoms with van der Waals surface area (Å²) in [5, 5.41) is 0. The minimum absolute atomic E-state index is 0.225. The molecule has 0 radical (unpaired) electrons. The third-order valence-electron chi connectivity index (χ3n) is 2.37. The van der Waals surface area contributed by atoms with Crippen molar-refractivity contribution in [3.05, 3.63) is 53.7 Å². The van der Waals surface area contributed by atoms with Crippen molar-refractivity contribution in [1.82, 2.24) is 9.97 Å². The zero-order valence-corrected chi connectivity index (χ0v) is 10.2. The van der Waals surface area contributed by atoms with Crippen LogP contribution in [0.5, 0.6) is 5.88 Å². The molecule has 0 bridgehead atoms. The van der Waals surface area contributed by atoms with Gasteiger partial charge in [0.25, 0.3) is 0 Å². The second-order valence-corrected chi connectivity index (χ2v) is 3.84. The highest BCUT2D eigenvalue weighted by Crippen LogP contribution is 2.13. The van der Waals surface area contributed by atoms with Crippen molar-refractivity contribution in [2.24, 2.45) is 0 Å². The first-order valence-electron chi connectivity index (χ1n) is 5.69. The Hall–Kier alpha value is -2.36. The van der Waals surface area contributed by atoms with E-state index >= 15 is 0 Å². The highest BCUT2D eigenvalue weighted by atomic mass is 16.5. The summed E-state index contributed by atoms with van der Waals surface area (Å²) < 4.78 is 5.52. The van der Waals surface area contributed by atoms with Gasteiger partial charge in [0, 0.05) is 11.8 Å². The second kappa shape index (κ2) is 5.82. The quantitative estimate of drug-likeness (QED) is 0.893. The first-order chi connectivity index (χ1) is 8.75. The smallest absolute Gasteiger partial charge is 0.223 e. The number of anilines is 1. The summed E-state index contributed by atoms with van der Waals surface area (Å²) >= 11 is 0. The van der Waals surface area contributed by atoms with Crippen LogP contribution >= 0.6 is 0 Å². The molecule has 2 N–H and O–H groups in total. The van der Waals surface area contributed by atoms with Gasteiger partial charge in [0.05, 0.1) is 0 Å². The molecular weight excluding hydrogens is 226 g/mol. The lowest BCUT2D eigenvalue weighted by Gasteiger charge is -2.05. The van der Waals surface area contributed by atoms with Crippen molar-refractivity contribution in [1.29, 1.82) is 0 Å². The Balaban J connectivity index is 1.92. The largest absolute Gasteiger partial charge is 0.473 e. The van der Waals surface area contributed by atoms with Gasteiger partial charge in [-0.15, -0.1) is 0 Å². The van der Waals surface area contributed by atoms with E-state index in [4.69, 9.17) is 10.5 Å². The van der Waals surface area contributed by atoms with Crippen molar-refractivity contribution in [2.45, 2.75) is 6.92 Å². The molecular formula is C14H15N3O. The van der Waals surface area contributed by atoms with Crippen LogP contribution in [-0.4, -0.2) is 16.6 Å². The van der Waals surface area contributed by atoms with Gasteiger partial charge in [-0.1, -0.05) is 36.4 Å². The minimum Gasteiger partial charge on any atom is -0.473 e. The molecule has 4 nitrogen and oxygen atoms in total. The van der Waals surface area contributed by atoms with Crippen LogP contribution in [0.3, 0.4) is 0 Å². The standard InChI is InChI=1S/C14H15N3O/c1-11-10-16-14(15)17-13(11)18-9-5-8-12-6-3-2-4-7-12/h2-8,10H,9H2,1H3,(H2,15,16,17)/b8-5+. The Morgan fingerprint density at radius 2 is 2.06 bits per heavy atom. The van der Waals surface area contributed by atoms with Gasteiger partial charge < -0.3 is 10.5 Å². The predicted octanol–water partition coefficient (Wildman–Crippen LogP) is 2.46. The molecule has 0 aliphatic rings. The maximum absolute atomic E-state index is 5.52. The highest BCUT2D eigenvalue weighted by molar-refractivity contribution is 5.48. The predicted molar refractivity (Wildman–Crippen MR) is 72.2 cm³/mol. The number of hydrogen-bond acceptors (Lipinski definition) is 4. The van der Waals surface area contributed by atoms with Crippen LogP contribution in [0.15, 0.2) is 42.6 Å². The normalized spacial score (nSPS) is 10.7. The van der Waals surface area contributed by atoms with Gasteiger partial charge >= 0.3 is 0 Å². The highest BCUT2D eigenvalue weighted by Gasteiger charge is 2.01. The molecule has 0 atom stereocenters. The molecule has 4 heteroatoms. The molecule has 0 saturated heterocycles. The number of rotatable bonds is 4. The molecule has 0 spiro atoms. The fraction of sp³-hybridized carbons (Fsp3) is 0.143. The molecule has 0 aliphatic carbocycles. The number of hydrogen-bond donors (Lipinski definition) is 1. The lowest BCUT2D eigenvalue weighted by molar-refractivity contribution is 0.346. The number of nitrogens with two attached hydrogens (primary N) is 1. The number of nitrogens with zero attached hydrogens (tertiary/aromatic N) is 2. The van der Waals surface area contributed by atoms with Crippen LogP contribution in [0.1, 0.15) is 11.1 Å². The Morgan fingerprint density at radius 3 is 2.83 bits per heavy atom. The van der Waals surface area contributed by atoms with Crippen molar-refractivity contribution < 1.29 is 4.74 Å². The lowest BCUT2D eigenvalue weighted by Crippen LogP contribution is -2.02. The molecule has 92 valence electrons. The molecule has 2 rings (SSSR count). The van der Waals surface area contributed by atoms with Gasteiger partial charge in [0.1, 0.15) is 6.61 Å². The number of ether oxygens (including phenoxy) is 1. The van der Waals surface area contributed by atoms with Crippen LogP contribution in [-0.2, 0) is 0 Å². The van der Waals surface area contributed by atoms with E-state index in [1.54, 1.807) is 6.20 Å². The van der Waals surface area contributed by atoms with Crippen molar-refractivity contribution >= 4 is 12.0 Å². The molecule has 18 heavy (non-hydrogen) atoms. The first-order valence-corrected chi connectivity index (χ1v) is 5.69. The van der Waals surface area contributed by atoms with Gasteiger partial charge in [-0.05, 0) is 18.6 Å². The summed E-state index contributed by atoms with van der Waals surface area (Å²) in [7, 11) is 0. The third-order valence-corrected chi connectivity index (χ3v) is 2.37. The summed E-state index contributed by atoms with van der Waals surface area (Å²) in [5.74, 6) is 0.753. The van der Waals surface area contributed by atoms with Crippen LogP contribution in [0.2, 0.25) is 0 Å². The molecule has 1 heterocycles. The fourth-order valence-electron chi connectivity index (χ4n) is 1.46. The Bertz CT molecular complexity index is 538. The number of benzene rings is 1. The van der Waals surface area contributed by atoms with Crippen molar-refractivity contribution in [2.75, 3.05) is 12.3 Å². The fourth-order valence-corrected chi connectivity index (χ4v) is 1.46. The summed E-state index contributed by atoms with van der Waals surface area (Å²) in [6, 6.07) is 10.0.